The molecule has 0 N–H and O–H groups in total. The number of esters is 1. The summed E-state index contributed by atoms with van der Waals surface area (Å²) in [5.74, 6) is -0.00363. The van der Waals surface area contributed by atoms with Gasteiger partial charge in [-0.25, -0.2) is 13.2 Å². The lowest BCUT2D eigenvalue weighted by Crippen LogP contribution is -2.37. The molecule has 0 bridgehead atoms. The van der Waals surface area contributed by atoms with Gasteiger partial charge < -0.3 is 9.47 Å². The van der Waals surface area contributed by atoms with Crippen molar-refractivity contribution >= 4 is 38.5 Å². The quantitative estimate of drug-likeness (QED) is 0.216. The number of carbonyl (C=O) groups excluding carboxylic acids is 2. The predicted octanol–water partition coefficient (Wildman–Crippen LogP) is 6.06. The zero-order valence-corrected chi connectivity index (χ0v) is 22.7. The second-order valence-electron chi connectivity index (χ2n) is 9.05. The van der Waals surface area contributed by atoms with Crippen molar-refractivity contribution in [3.05, 3.63) is 120 Å². The SMILES string of the molecule is COC(=O)c1cn(C(=O)CN(c2ccc(Oc3ccccc3)cc2)S(=O)(=O)c2ccc(C)cc2)c2ccccc12. The number of aryl methyl sites for hydroxylation is 1. The van der Waals surface area contributed by atoms with E-state index >= 15 is 0 Å². The predicted molar refractivity (Wildman–Crippen MR) is 153 cm³/mol. The summed E-state index contributed by atoms with van der Waals surface area (Å²) >= 11 is 0. The molecule has 0 fully saturated rings. The van der Waals surface area contributed by atoms with E-state index in [-0.39, 0.29) is 16.1 Å². The number of para-hydroxylation sites is 2. The smallest absolute Gasteiger partial charge is 0.340 e. The van der Waals surface area contributed by atoms with E-state index in [1.165, 1.54) is 30.0 Å². The van der Waals surface area contributed by atoms with Crippen LogP contribution in [0.4, 0.5) is 5.69 Å². The number of nitrogens with zero attached hydrogens (tertiary/aromatic N) is 2. The molecule has 0 amide bonds. The van der Waals surface area contributed by atoms with Gasteiger partial charge in [-0.2, -0.15) is 0 Å². The maximum absolute atomic E-state index is 13.9. The summed E-state index contributed by atoms with van der Waals surface area (Å²) in [6, 6.07) is 29.0. The number of hydrogen-bond acceptors (Lipinski definition) is 6. The summed E-state index contributed by atoms with van der Waals surface area (Å²) in [6.07, 6.45) is 1.38. The lowest BCUT2D eigenvalue weighted by Gasteiger charge is -2.24. The lowest BCUT2D eigenvalue weighted by atomic mass is 10.2. The van der Waals surface area contributed by atoms with Crippen molar-refractivity contribution < 1.29 is 27.5 Å². The first kappa shape index (κ1) is 26.7. The van der Waals surface area contributed by atoms with E-state index in [0.717, 1.165) is 9.87 Å². The molecule has 8 nitrogen and oxygen atoms in total. The van der Waals surface area contributed by atoms with Crippen molar-refractivity contribution in [1.29, 1.82) is 0 Å². The second-order valence-corrected chi connectivity index (χ2v) is 10.9. The largest absolute Gasteiger partial charge is 0.465 e. The van der Waals surface area contributed by atoms with Crippen molar-refractivity contribution in [2.75, 3.05) is 18.0 Å². The molecule has 0 unspecified atom stereocenters. The van der Waals surface area contributed by atoms with Crippen LogP contribution in [-0.2, 0) is 14.8 Å². The van der Waals surface area contributed by atoms with Crippen molar-refractivity contribution in [3.63, 3.8) is 0 Å². The minimum Gasteiger partial charge on any atom is -0.465 e. The van der Waals surface area contributed by atoms with Crippen LogP contribution in [-0.4, -0.2) is 38.5 Å². The molecule has 0 aliphatic heterocycles. The van der Waals surface area contributed by atoms with Gasteiger partial charge in [0.1, 0.15) is 18.0 Å². The van der Waals surface area contributed by atoms with Gasteiger partial charge in [-0.15, -0.1) is 0 Å². The molecule has 5 aromatic rings. The first-order valence-corrected chi connectivity index (χ1v) is 13.9. The summed E-state index contributed by atoms with van der Waals surface area (Å²) in [7, 11) is -2.89. The minimum atomic E-state index is -4.15. The van der Waals surface area contributed by atoms with Crippen LogP contribution in [0.15, 0.2) is 114 Å². The summed E-state index contributed by atoms with van der Waals surface area (Å²) in [5.41, 5.74) is 1.85. The van der Waals surface area contributed by atoms with E-state index in [1.807, 2.05) is 37.3 Å². The van der Waals surface area contributed by atoms with Crippen molar-refractivity contribution in [2.45, 2.75) is 11.8 Å². The molecular weight excluding hydrogens is 528 g/mol. The second kappa shape index (κ2) is 11.1. The third-order valence-corrected chi connectivity index (χ3v) is 8.17. The fourth-order valence-corrected chi connectivity index (χ4v) is 5.73. The van der Waals surface area contributed by atoms with Gasteiger partial charge in [0, 0.05) is 11.6 Å². The summed E-state index contributed by atoms with van der Waals surface area (Å²) in [4.78, 5) is 26.1. The van der Waals surface area contributed by atoms with Crippen LogP contribution in [0.25, 0.3) is 10.9 Å². The maximum Gasteiger partial charge on any atom is 0.340 e. The number of fused-ring (bicyclic) bond motifs is 1. The van der Waals surface area contributed by atoms with Gasteiger partial charge in [0.25, 0.3) is 15.9 Å². The average molecular weight is 555 g/mol. The van der Waals surface area contributed by atoms with Crippen LogP contribution >= 0.6 is 0 Å². The number of ether oxygens (including phenoxy) is 2. The minimum absolute atomic E-state index is 0.0446. The van der Waals surface area contributed by atoms with E-state index in [9.17, 15) is 18.0 Å². The van der Waals surface area contributed by atoms with Gasteiger partial charge in [-0.1, -0.05) is 54.1 Å². The molecule has 0 spiro atoms. The number of carbonyl (C=O) groups is 2. The van der Waals surface area contributed by atoms with Crippen LogP contribution in [0, 0.1) is 6.92 Å². The molecule has 5 rings (SSSR count). The van der Waals surface area contributed by atoms with E-state index in [1.54, 1.807) is 60.7 Å². The van der Waals surface area contributed by atoms with Crippen molar-refractivity contribution in [3.8, 4) is 11.5 Å². The van der Waals surface area contributed by atoms with Crippen LogP contribution < -0.4 is 9.04 Å². The molecule has 0 aliphatic carbocycles. The Hall–Kier alpha value is -4.89. The van der Waals surface area contributed by atoms with Crippen molar-refractivity contribution in [1.82, 2.24) is 4.57 Å². The molecule has 202 valence electrons. The molecule has 0 radical (unpaired) electrons. The van der Waals surface area contributed by atoms with Gasteiger partial charge in [0.15, 0.2) is 0 Å². The van der Waals surface area contributed by atoms with E-state index in [0.29, 0.717) is 22.4 Å². The van der Waals surface area contributed by atoms with Gasteiger partial charge in [-0.3, -0.25) is 13.7 Å². The Balaban J connectivity index is 1.53. The van der Waals surface area contributed by atoms with Crippen molar-refractivity contribution in [2.24, 2.45) is 0 Å². The fraction of sp³-hybridized carbons (Fsp3) is 0.0968. The monoisotopic (exact) mass is 554 g/mol. The van der Waals surface area contributed by atoms with Crippen LogP contribution in [0.3, 0.4) is 0 Å². The highest BCUT2D eigenvalue weighted by molar-refractivity contribution is 7.92. The Morgan fingerprint density at radius 1 is 0.800 bits per heavy atom. The standard InChI is InChI=1S/C31H26N2O6S/c1-22-12-18-26(19-13-22)40(36,37)33(23-14-16-25(17-15-23)39-24-8-4-3-5-9-24)21-30(34)32-20-28(31(35)38-2)27-10-6-7-11-29(27)32/h3-20H,21H2,1-2H3. The average Bonchev–Trinajstić information content (AvgIpc) is 3.37. The number of anilines is 1. The summed E-state index contributed by atoms with van der Waals surface area (Å²) in [5, 5.41) is 0.526. The lowest BCUT2D eigenvalue weighted by molar-refractivity contribution is 0.0603. The first-order chi connectivity index (χ1) is 19.3. The summed E-state index contributed by atoms with van der Waals surface area (Å²) < 4.78 is 40.8. The number of methoxy groups -OCH3 is 1. The molecule has 1 aromatic heterocycles. The highest BCUT2D eigenvalue weighted by atomic mass is 32.2. The normalized spacial score (nSPS) is 11.2. The maximum atomic E-state index is 13.9. The number of sulfonamides is 1. The van der Waals surface area contributed by atoms with Gasteiger partial charge >= 0.3 is 5.97 Å². The molecule has 1 heterocycles. The van der Waals surface area contributed by atoms with Gasteiger partial charge in [0.2, 0.25) is 0 Å². The molecule has 9 heteroatoms. The fourth-order valence-electron chi connectivity index (χ4n) is 4.32. The Labute approximate surface area is 232 Å². The third kappa shape index (κ3) is 5.32. The Kier molecular flexibility index (Phi) is 7.39. The van der Waals surface area contributed by atoms with E-state index in [2.05, 4.69) is 0 Å². The van der Waals surface area contributed by atoms with Crippen LogP contribution in [0.5, 0.6) is 11.5 Å². The number of benzene rings is 4. The van der Waals surface area contributed by atoms with Gasteiger partial charge in [0.05, 0.1) is 28.8 Å². The number of rotatable bonds is 8. The Bertz CT molecular complexity index is 1780. The van der Waals surface area contributed by atoms with E-state index < -0.39 is 28.4 Å². The van der Waals surface area contributed by atoms with E-state index in [4.69, 9.17) is 9.47 Å². The molecule has 0 saturated carbocycles. The molecule has 0 atom stereocenters. The van der Waals surface area contributed by atoms with Crippen LogP contribution in [0.2, 0.25) is 0 Å². The highest BCUT2D eigenvalue weighted by Gasteiger charge is 2.29. The van der Waals surface area contributed by atoms with Crippen LogP contribution in [0.1, 0.15) is 20.7 Å². The number of hydrogen-bond donors (Lipinski definition) is 0. The molecule has 40 heavy (non-hydrogen) atoms. The molecule has 4 aromatic carbocycles. The molecule has 0 saturated heterocycles. The molecular formula is C31H26N2O6S. The third-order valence-electron chi connectivity index (χ3n) is 6.38. The van der Waals surface area contributed by atoms with Gasteiger partial charge in [-0.05, 0) is 61.5 Å². The number of aromatic nitrogens is 1. The molecule has 0 aliphatic rings. The zero-order valence-electron chi connectivity index (χ0n) is 21.9. The Morgan fingerprint density at radius 3 is 2.10 bits per heavy atom. The first-order valence-electron chi connectivity index (χ1n) is 12.4. The topological polar surface area (TPSA) is 94.9 Å². The highest BCUT2D eigenvalue weighted by Crippen LogP contribution is 2.29. The zero-order chi connectivity index (χ0) is 28.3. The summed E-state index contributed by atoms with van der Waals surface area (Å²) in [6.45, 7) is 1.34. The Morgan fingerprint density at radius 2 is 1.43 bits per heavy atom.